The van der Waals surface area contributed by atoms with E-state index in [4.69, 9.17) is 10.2 Å². The minimum absolute atomic E-state index is 0.525. The van der Waals surface area contributed by atoms with Crippen molar-refractivity contribution in [1.29, 1.82) is 0 Å². The molecule has 0 fully saturated rings. The van der Waals surface area contributed by atoms with E-state index in [1.165, 1.54) is 0 Å². The van der Waals surface area contributed by atoms with E-state index in [0.29, 0.717) is 15.5 Å². The molecule has 2 heterocycles. The van der Waals surface area contributed by atoms with Crippen LogP contribution >= 0.6 is 0 Å². The van der Waals surface area contributed by atoms with Crippen molar-refractivity contribution in [2.75, 3.05) is 26.3 Å². The summed E-state index contributed by atoms with van der Waals surface area (Å²) in [6, 6.07) is 0. The van der Waals surface area contributed by atoms with Gasteiger partial charge in [0, 0.05) is 19.3 Å². The Bertz CT molecular complexity index is 1200. The predicted molar refractivity (Wildman–Crippen MR) is 112 cm³/mol. The first-order valence-corrected chi connectivity index (χ1v) is 9.80. The second-order valence-corrected chi connectivity index (χ2v) is 7.44. The summed E-state index contributed by atoms with van der Waals surface area (Å²) in [5.74, 6) is -9.22. The van der Waals surface area contributed by atoms with Crippen molar-refractivity contribution in [1.82, 2.24) is 9.30 Å². The molecule has 0 bridgehead atoms. The van der Waals surface area contributed by atoms with Crippen LogP contribution in [0.1, 0.15) is 58.8 Å². The highest BCUT2D eigenvalue weighted by molar-refractivity contribution is 6.17. The Morgan fingerprint density at radius 3 is 1.71 bits per heavy atom. The standard InChI is InChI=1S/C20H22N2O13/c1-7(25)11-15(17(29)21(2-8(26)5-23)3-9(27)6-24)22-4-10(18(30)31)12(19(32)33)13(20(34)35)14(22)16(11)28/h4,8-9,23-24,26-28H,2-3,5-6H2,1H3,(H,30,31)(H,32,33)(H,34,35). The van der Waals surface area contributed by atoms with E-state index in [0.717, 1.165) is 6.92 Å². The highest BCUT2D eigenvalue weighted by Gasteiger charge is 2.36. The number of aromatic carboxylic acids is 3. The van der Waals surface area contributed by atoms with Gasteiger partial charge in [0.25, 0.3) is 5.91 Å². The van der Waals surface area contributed by atoms with Gasteiger partial charge in [-0.25, -0.2) is 14.4 Å². The summed E-state index contributed by atoms with van der Waals surface area (Å²) < 4.78 is 0.525. The topological polar surface area (TPSA) is 255 Å². The molecule has 1 amide bonds. The van der Waals surface area contributed by atoms with Crippen LogP contribution in [0, 0.1) is 0 Å². The third kappa shape index (κ3) is 5.07. The number of aromatic nitrogens is 1. The normalized spacial score (nSPS) is 12.8. The number of carbonyl (C=O) groups is 5. The summed E-state index contributed by atoms with van der Waals surface area (Å²) in [5.41, 5.74) is -5.98. The van der Waals surface area contributed by atoms with Crippen LogP contribution in [0.2, 0.25) is 0 Å². The number of aliphatic hydroxyl groups is 4. The third-order valence-electron chi connectivity index (χ3n) is 4.98. The molecule has 15 nitrogen and oxygen atoms in total. The van der Waals surface area contributed by atoms with Crippen molar-refractivity contribution < 1.29 is 64.8 Å². The third-order valence-corrected chi connectivity index (χ3v) is 4.98. The van der Waals surface area contributed by atoms with Crippen LogP contribution in [0.15, 0.2) is 6.20 Å². The molecule has 2 rings (SSSR count). The highest BCUT2D eigenvalue weighted by atomic mass is 16.4. The maximum absolute atomic E-state index is 13.4. The molecule has 0 aliphatic heterocycles. The average Bonchev–Trinajstić information content (AvgIpc) is 3.08. The molecular formula is C20H22N2O13. The number of carboxylic acids is 3. The molecule has 2 aromatic heterocycles. The van der Waals surface area contributed by atoms with Crippen molar-refractivity contribution in [3.8, 4) is 5.75 Å². The maximum Gasteiger partial charge on any atom is 0.338 e. The molecule has 15 heteroatoms. The van der Waals surface area contributed by atoms with Crippen molar-refractivity contribution in [3.05, 3.63) is 34.1 Å². The number of aromatic hydroxyl groups is 1. The molecular weight excluding hydrogens is 476 g/mol. The first-order chi connectivity index (χ1) is 16.3. The zero-order valence-corrected chi connectivity index (χ0v) is 18.1. The number of ketones is 1. The fraction of sp³-hybridized carbons (Fsp3) is 0.350. The minimum Gasteiger partial charge on any atom is -0.505 e. The van der Waals surface area contributed by atoms with Crippen LogP contribution in [0.4, 0.5) is 0 Å². The van der Waals surface area contributed by atoms with Crippen LogP contribution in [-0.2, 0) is 0 Å². The van der Waals surface area contributed by atoms with Gasteiger partial charge in [-0.05, 0) is 6.92 Å². The number of hydrogen-bond acceptors (Lipinski definition) is 10. The second kappa shape index (κ2) is 10.5. The lowest BCUT2D eigenvalue weighted by molar-refractivity contribution is 0.0205. The molecule has 0 aromatic carbocycles. The zero-order chi connectivity index (χ0) is 26.8. The van der Waals surface area contributed by atoms with Gasteiger partial charge in [0.05, 0.1) is 42.1 Å². The van der Waals surface area contributed by atoms with E-state index in [-0.39, 0.29) is 0 Å². The van der Waals surface area contributed by atoms with Gasteiger partial charge in [-0.15, -0.1) is 0 Å². The molecule has 0 aliphatic carbocycles. The molecule has 190 valence electrons. The number of hydrogen-bond donors (Lipinski definition) is 8. The summed E-state index contributed by atoms with van der Waals surface area (Å²) in [5, 5.41) is 77.2. The summed E-state index contributed by atoms with van der Waals surface area (Å²) in [4.78, 5) is 61.9. The van der Waals surface area contributed by atoms with Gasteiger partial charge in [0.2, 0.25) is 0 Å². The molecule has 2 aromatic rings. The molecule has 0 saturated heterocycles. The Hall–Kier alpha value is -4.05. The highest BCUT2D eigenvalue weighted by Crippen LogP contribution is 2.36. The summed E-state index contributed by atoms with van der Waals surface area (Å²) >= 11 is 0. The number of amides is 1. The predicted octanol–water partition coefficient (Wildman–Crippen LogP) is -1.91. The number of aliphatic hydroxyl groups excluding tert-OH is 4. The van der Waals surface area contributed by atoms with Crippen molar-refractivity contribution in [2.45, 2.75) is 19.1 Å². The Labute approximate surface area is 195 Å². The molecule has 2 unspecified atom stereocenters. The summed E-state index contributed by atoms with van der Waals surface area (Å²) in [7, 11) is 0. The van der Waals surface area contributed by atoms with Gasteiger partial charge >= 0.3 is 17.9 Å². The fourth-order valence-electron chi connectivity index (χ4n) is 3.54. The Balaban J connectivity index is 3.05. The Kier molecular flexibility index (Phi) is 8.14. The van der Waals surface area contributed by atoms with Crippen LogP contribution in [0.25, 0.3) is 5.52 Å². The Morgan fingerprint density at radius 2 is 1.34 bits per heavy atom. The van der Waals surface area contributed by atoms with E-state index in [1.54, 1.807) is 0 Å². The number of carboxylic acid groups (broad SMARTS) is 3. The number of rotatable bonds is 11. The van der Waals surface area contributed by atoms with E-state index < -0.39 is 107 Å². The first kappa shape index (κ1) is 27.2. The molecule has 8 N–H and O–H groups in total. The number of carbonyl (C=O) groups excluding carboxylic acids is 2. The SMILES string of the molecule is CC(=O)c1c(O)c2c(C(=O)O)c(C(=O)O)c(C(=O)O)cn2c1C(=O)N(CC(O)CO)CC(O)CO. The van der Waals surface area contributed by atoms with E-state index in [2.05, 4.69) is 0 Å². The van der Waals surface area contributed by atoms with Gasteiger partial charge < -0.3 is 50.2 Å². The molecule has 0 saturated carbocycles. The van der Waals surface area contributed by atoms with Crippen molar-refractivity contribution in [2.24, 2.45) is 0 Å². The van der Waals surface area contributed by atoms with Gasteiger partial charge in [-0.2, -0.15) is 0 Å². The maximum atomic E-state index is 13.4. The fourth-order valence-corrected chi connectivity index (χ4v) is 3.54. The monoisotopic (exact) mass is 498 g/mol. The van der Waals surface area contributed by atoms with Crippen LogP contribution in [0.5, 0.6) is 5.75 Å². The Morgan fingerprint density at radius 1 is 0.857 bits per heavy atom. The molecule has 0 radical (unpaired) electrons. The minimum atomic E-state index is -1.99. The summed E-state index contributed by atoms with van der Waals surface area (Å²) in [6.45, 7) is -2.12. The van der Waals surface area contributed by atoms with E-state index >= 15 is 0 Å². The number of nitrogens with zero attached hydrogens (tertiary/aromatic N) is 2. The van der Waals surface area contributed by atoms with E-state index in [9.17, 15) is 54.6 Å². The lowest BCUT2D eigenvalue weighted by atomic mass is 10.0. The molecule has 0 aliphatic rings. The lowest BCUT2D eigenvalue weighted by Gasteiger charge is -2.27. The lowest BCUT2D eigenvalue weighted by Crippen LogP contribution is -2.44. The smallest absolute Gasteiger partial charge is 0.338 e. The van der Waals surface area contributed by atoms with Gasteiger partial charge in [-0.1, -0.05) is 0 Å². The van der Waals surface area contributed by atoms with Gasteiger partial charge in [0.15, 0.2) is 11.5 Å². The van der Waals surface area contributed by atoms with Crippen molar-refractivity contribution in [3.63, 3.8) is 0 Å². The first-order valence-electron chi connectivity index (χ1n) is 9.80. The quantitative estimate of drug-likeness (QED) is 0.158. The molecule has 2 atom stereocenters. The van der Waals surface area contributed by atoms with E-state index in [1.807, 2.05) is 0 Å². The largest absolute Gasteiger partial charge is 0.505 e. The second-order valence-electron chi connectivity index (χ2n) is 7.44. The van der Waals surface area contributed by atoms with Crippen molar-refractivity contribution >= 4 is 35.1 Å². The van der Waals surface area contributed by atoms with Crippen LogP contribution in [-0.4, -0.2) is 118 Å². The van der Waals surface area contributed by atoms with Gasteiger partial charge in [-0.3, -0.25) is 9.59 Å². The number of pyridine rings is 1. The van der Waals surface area contributed by atoms with Crippen LogP contribution < -0.4 is 0 Å². The molecule has 35 heavy (non-hydrogen) atoms. The number of fused-ring (bicyclic) bond motifs is 1. The number of Topliss-reactive ketones (excluding diaryl/α,β-unsaturated/α-hetero) is 1. The van der Waals surface area contributed by atoms with Gasteiger partial charge in [0.1, 0.15) is 16.8 Å². The zero-order valence-electron chi connectivity index (χ0n) is 18.1. The van der Waals surface area contributed by atoms with Crippen LogP contribution in [0.3, 0.4) is 0 Å². The average molecular weight is 498 g/mol. The summed E-state index contributed by atoms with van der Waals surface area (Å²) in [6.07, 6.45) is -2.59. The molecule has 0 spiro atoms.